The zero-order valence-electron chi connectivity index (χ0n) is 17.6. The van der Waals surface area contributed by atoms with Gasteiger partial charge in [-0.3, -0.25) is 4.79 Å². The van der Waals surface area contributed by atoms with Crippen LogP contribution in [0.1, 0.15) is 24.8 Å². The van der Waals surface area contributed by atoms with Gasteiger partial charge in [0.2, 0.25) is 15.9 Å². The lowest BCUT2D eigenvalue weighted by Gasteiger charge is -2.39. The van der Waals surface area contributed by atoms with Crippen molar-refractivity contribution in [3.63, 3.8) is 0 Å². The number of carbonyl (C=O) groups is 1. The molecule has 2 aromatic rings. The molecular formula is C20H28N4O4S2. The largest absolute Gasteiger partial charge is 0.494 e. The number of piperidine rings is 1. The molecule has 0 saturated carbocycles. The zero-order valence-corrected chi connectivity index (χ0v) is 19.3. The maximum atomic E-state index is 13.1. The van der Waals surface area contributed by atoms with Crippen molar-refractivity contribution in [1.29, 1.82) is 0 Å². The van der Waals surface area contributed by atoms with Crippen LogP contribution in [0.2, 0.25) is 0 Å². The van der Waals surface area contributed by atoms with Crippen LogP contribution in [0.15, 0.2) is 12.1 Å². The van der Waals surface area contributed by atoms with Crippen LogP contribution >= 0.6 is 11.3 Å². The third-order valence-electron chi connectivity index (χ3n) is 5.94. The van der Waals surface area contributed by atoms with Gasteiger partial charge in [-0.25, -0.2) is 13.4 Å². The maximum Gasteiger partial charge on any atom is 0.241 e. The molecule has 3 heterocycles. The first-order valence-electron chi connectivity index (χ1n) is 10.2. The number of rotatable bonds is 4. The summed E-state index contributed by atoms with van der Waals surface area (Å²) in [5.74, 6) is 0.701. The Morgan fingerprint density at radius 3 is 2.57 bits per heavy atom. The summed E-state index contributed by atoms with van der Waals surface area (Å²) in [5.41, 5.74) is 2.04. The molecule has 2 fully saturated rings. The fourth-order valence-corrected chi connectivity index (χ4v) is 6.50. The fraction of sp³-hybridized carbons (Fsp3) is 0.600. The van der Waals surface area contributed by atoms with Gasteiger partial charge in [0, 0.05) is 32.7 Å². The van der Waals surface area contributed by atoms with E-state index in [4.69, 9.17) is 9.72 Å². The van der Waals surface area contributed by atoms with E-state index in [-0.39, 0.29) is 5.91 Å². The Hall–Kier alpha value is -1.91. The Bertz CT molecular complexity index is 1040. The Kier molecular flexibility index (Phi) is 5.91. The molecule has 1 atom stereocenters. The van der Waals surface area contributed by atoms with Crippen LogP contribution in [0.3, 0.4) is 0 Å². The molecule has 0 radical (unpaired) electrons. The van der Waals surface area contributed by atoms with Crippen molar-refractivity contribution >= 4 is 42.6 Å². The molecule has 30 heavy (non-hydrogen) atoms. The second-order valence-electron chi connectivity index (χ2n) is 7.96. The molecule has 0 N–H and O–H groups in total. The van der Waals surface area contributed by atoms with Crippen LogP contribution in [0.5, 0.6) is 5.75 Å². The van der Waals surface area contributed by atoms with Crippen LogP contribution in [0.25, 0.3) is 10.2 Å². The lowest BCUT2D eigenvalue weighted by molar-refractivity contribution is -0.136. The molecule has 164 valence electrons. The molecule has 2 aliphatic heterocycles. The van der Waals surface area contributed by atoms with E-state index in [0.717, 1.165) is 33.9 Å². The van der Waals surface area contributed by atoms with Gasteiger partial charge in [0.25, 0.3) is 0 Å². The van der Waals surface area contributed by atoms with Crippen molar-refractivity contribution in [2.45, 2.75) is 32.2 Å². The number of piperazine rings is 1. The molecule has 8 nitrogen and oxygen atoms in total. The number of benzene rings is 1. The van der Waals surface area contributed by atoms with Gasteiger partial charge in [-0.15, -0.1) is 0 Å². The van der Waals surface area contributed by atoms with Crippen LogP contribution < -0.4 is 9.64 Å². The number of sulfonamides is 1. The highest BCUT2D eigenvalue weighted by Crippen LogP contribution is 2.36. The lowest BCUT2D eigenvalue weighted by Crippen LogP contribution is -2.57. The molecule has 1 aromatic heterocycles. The molecule has 2 aliphatic rings. The third-order valence-corrected chi connectivity index (χ3v) is 8.48. The number of hydrogen-bond acceptors (Lipinski definition) is 7. The number of carbonyl (C=O) groups excluding carboxylic acids is 1. The van der Waals surface area contributed by atoms with E-state index in [1.807, 2.05) is 17.0 Å². The molecule has 2 saturated heterocycles. The summed E-state index contributed by atoms with van der Waals surface area (Å²) in [5, 5.41) is 0.931. The van der Waals surface area contributed by atoms with Gasteiger partial charge in [0.1, 0.15) is 17.3 Å². The molecule has 4 rings (SSSR count). The van der Waals surface area contributed by atoms with E-state index >= 15 is 0 Å². The number of hydrogen-bond donors (Lipinski definition) is 0. The van der Waals surface area contributed by atoms with Gasteiger partial charge in [-0.2, -0.15) is 4.31 Å². The Labute approximate surface area is 181 Å². The molecule has 0 aliphatic carbocycles. The van der Waals surface area contributed by atoms with Crippen molar-refractivity contribution in [1.82, 2.24) is 14.2 Å². The Morgan fingerprint density at radius 2 is 1.90 bits per heavy atom. The number of anilines is 1. The van der Waals surface area contributed by atoms with Crippen molar-refractivity contribution < 1.29 is 17.9 Å². The molecular weight excluding hydrogens is 424 g/mol. The molecule has 1 unspecified atom stereocenters. The molecule has 0 spiro atoms. The van der Waals surface area contributed by atoms with Crippen molar-refractivity contribution in [2.24, 2.45) is 0 Å². The monoisotopic (exact) mass is 452 g/mol. The number of fused-ring (bicyclic) bond motifs is 1. The number of aryl methyl sites for hydroxylation is 1. The van der Waals surface area contributed by atoms with E-state index in [0.29, 0.717) is 39.1 Å². The second kappa shape index (κ2) is 8.32. The maximum absolute atomic E-state index is 13.1. The average Bonchev–Trinajstić information content (AvgIpc) is 3.19. The van der Waals surface area contributed by atoms with E-state index in [1.165, 1.54) is 16.1 Å². The van der Waals surface area contributed by atoms with Crippen molar-refractivity contribution in [2.75, 3.05) is 51.0 Å². The summed E-state index contributed by atoms with van der Waals surface area (Å²) in [6.45, 7) is 5.00. The number of nitrogens with zero attached hydrogens (tertiary/aromatic N) is 4. The van der Waals surface area contributed by atoms with Crippen LogP contribution in [0, 0.1) is 6.92 Å². The minimum absolute atomic E-state index is 0.0680. The number of methoxy groups -OCH3 is 1. The number of aromatic nitrogens is 1. The van der Waals surface area contributed by atoms with Gasteiger partial charge >= 0.3 is 0 Å². The summed E-state index contributed by atoms with van der Waals surface area (Å²) >= 11 is 1.65. The van der Waals surface area contributed by atoms with Gasteiger partial charge in [-0.1, -0.05) is 23.8 Å². The lowest BCUT2D eigenvalue weighted by atomic mass is 10.0. The summed E-state index contributed by atoms with van der Waals surface area (Å²) in [6.07, 6.45) is 3.49. The molecule has 1 aromatic carbocycles. The van der Waals surface area contributed by atoms with Gasteiger partial charge < -0.3 is 14.5 Å². The van der Waals surface area contributed by atoms with Crippen LogP contribution in [-0.2, 0) is 14.8 Å². The Morgan fingerprint density at radius 1 is 1.17 bits per heavy atom. The molecule has 1 amide bonds. The predicted molar refractivity (Wildman–Crippen MR) is 119 cm³/mol. The first kappa shape index (κ1) is 21.3. The minimum Gasteiger partial charge on any atom is -0.494 e. The number of ether oxygens (including phenoxy) is 1. The normalized spacial score (nSPS) is 21.2. The summed E-state index contributed by atoms with van der Waals surface area (Å²) < 4.78 is 32.2. The van der Waals surface area contributed by atoms with E-state index in [2.05, 4.69) is 11.8 Å². The van der Waals surface area contributed by atoms with Gasteiger partial charge in [0.15, 0.2) is 5.13 Å². The van der Waals surface area contributed by atoms with Crippen molar-refractivity contribution in [3.8, 4) is 5.75 Å². The highest BCUT2D eigenvalue weighted by atomic mass is 32.2. The van der Waals surface area contributed by atoms with E-state index in [1.54, 1.807) is 18.4 Å². The summed E-state index contributed by atoms with van der Waals surface area (Å²) in [6, 6.07) is 3.42. The molecule has 0 bridgehead atoms. The SMILES string of the molecule is COc1ccc(C)c2sc(N3CCN(C(=O)C4CCCCN4S(C)(=O)=O)CC3)nc12. The van der Waals surface area contributed by atoms with E-state index in [9.17, 15) is 13.2 Å². The minimum atomic E-state index is -3.38. The number of thiazole rings is 1. The van der Waals surface area contributed by atoms with Crippen LogP contribution in [0.4, 0.5) is 5.13 Å². The smallest absolute Gasteiger partial charge is 0.241 e. The first-order chi connectivity index (χ1) is 14.3. The second-order valence-corrected chi connectivity index (χ2v) is 10.9. The standard InChI is InChI=1S/C20H28N4O4S2/c1-14-7-8-16(28-2)17-18(14)29-20(21-17)23-12-10-22(11-13-23)19(25)15-6-4-5-9-24(15)30(3,26)27/h7-8,15H,4-6,9-13H2,1-3H3. The predicted octanol–water partition coefficient (Wildman–Crippen LogP) is 2.08. The topological polar surface area (TPSA) is 83.0 Å². The fourth-order valence-electron chi connectivity index (χ4n) is 4.28. The van der Waals surface area contributed by atoms with Gasteiger partial charge in [-0.05, 0) is 31.4 Å². The third kappa shape index (κ3) is 4.00. The number of amides is 1. The Balaban J connectivity index is 1.47. The quantitative estimate of drug-likeness (QED) is 0.706. The first-order valence-corrected chi connectivity index (χ1v) is 12.9. The highest BCUT2D eigenvalue weighted by molar-refractivity contribution is 7.88. The average molecular weight is 453 g/mol. The van der Waals surface area contributed by atoms with E-state index < -0.39 is 16.1 Å². The van der Waals surface area contributed by atoms with Crippen LogP contribution in [-0.4, -0.2) is 80.6 Å². The van der Waals surface area contributed by atoms with Gasteiger partial charge in [0.05, 0.1) is 18.1 Å². The van der Waals surface area contributed by atoms with Crippen molar-refractivity contribution in [3.05, 3.63) is 17.7 Å². The highest BCUT2D eigenvalue weighted by Gasteiger charge is 2.37. The summed E-state index contributed by atoms with van der Waals surface area (Å²) in [4.78, 5) is 21.9. The summed E-state index contributed by atoms with van der Waals surface area (Å²) in [7, 11) is -1.73. The zero-order chi connectivity index (χ0) is 21.5. The molecule has 10 heteroatoms.